The second kappa shape index (κ2) is 1.91. The van der Waals surface area contributed by atoms with Gasteiger partial charge in [-0.3, -0.25) is 0 Å². The predicted molar refractivity (Wildman–Crippen MR) is 49.2 cm³/mol. The van der Waals surface area contributed by atoms with Gasteiger partial charge in [-0.2, -0.15) is 0 Å². The average molecular weight is 170 g/mol. The van der Waals surface area contributed by atoms with Crippen molar-refractivity contribution in [2.45, 2.75) is 0 Å². The molecule has 0 saturated heterocycles. The van der Waals surface area contributed by atoms with Crippen molar-refractivity contribution < 1.29 is 9.90 Å². The summed E-state index contributed by atoms with van der Waals surface area (Å²) >= 11 is 0. The first kappa shape index (κ1) is 6.66. The maximum atomic E-state index is 10.8. The van der Waals surface area contributed by atoms with Gasteiger partial charge in [0.15, 0.2) is 0 Å². The average Bonchev–Trinajstić information content (AvgIpc) is 2.43. The maximum absolute atomic E-state index is 10.8. The molecule has 0 aromatic heterocycles. The molecule has 0 radical (unpaired) electrons. The number of aliphatic carboxylic acids is 1. The zero-order chi connectivity index (χ0) is 9.00. The summed E-state index contributed by atoms with van der Waals surface area (Å²) in [6.07, 6.45) is 3.84. The Kier molecular flexibility index (Phi) is 0.978. The standard InChI is InChI=1S/C11H6O2/c12-11(13)10-7-3-1-2-6-4-5-8(10)9(6)7/h1-5H,(H,12,13). The maximum Gasteiger partial charge on any atom is 0.336 e. The molecule has 62 valence electrons. The van der Waals surface area contributed by atoms with Gasteiger partial charge in [0.05, 0.1) is 5.57 Å². The molecule has 0 unspecified atom stereocenters. The number of hydrogen-bond donors (Lipinski definition) is 1. The first-order chi connectivity index (χ1) is 6.29. The van der Waals surface area contributed by atoms with Crippen LogP contribution in [0.2, 0.25) is 0 Å². The van der Waals surface area contributed by atoms with Gasteiger partial charge >= 0.3 is 5.97 Å². The molecule has 1 aromatic carbocycles. The third kappa shape index (κ3) is 0.617. The van der Waals surface area contributed by atoms with E-state index in [-0.39, 0.29) is 0 Å². The van der Waals surface area contributed by atoms with Crippen LogP contribution in [0, 0.1) is 0 Å². The third-order valence-electron chi connectivity index (χ3n) is 2.55. The minimum atomic E-state index is -0.828. The molecule has 0 spiro atoms. The minimum Gasteiger partial charge on any atom is -0.478 e. The number of allylic oxidation sites excluding steroid dienone is 1. The van der Waals surface area contributed by atoms with E-state index in [4.69, 9.17) is 5.11 Å². The van der Waals surface area contributed by atoms with E-state index in [2.05, 4.69) is 0 Å². The second-order valence-corrected chi connectivity index (χ2v) is 3.20. The lowest BCUT2D eigenvalue weighted by Gasteiger charge is -2.11. The van der Waals surface area contributed by atoms with E-state index in [0.29, 0.717) is 5.57 Å². The normalized spacial score (nSPS) is 15.7. The zero-order valence-corrected chi connectivity index (χ0v) is 6.74. The van der Waals surface area contributed by atoms with Crippen LogP contribution in [0.3, 0.4) is 0 Å². The fourth-order valence-electron chi connectivity index (χ4n) is 2.00. The number of carboxylic acids is 1. The van der Waals surface area contributed by atoms with Gasteiger partial charge in [0.2, 0.25) is 0 Å². The molecule has 2 nitrogen and oxygen atoms in total. The second-order valence-electron chi connectivity index (χ2n) is 3.20. The fourth-order valence-corrected chi connectivity index (χ4v) is 2.00. The fraction of sp³-hybridized carbons (Fsp3) is 0. The van der Waals surface area contributed by atoms with Crippen LogP contribution >= 0.6 is 0 Å². The van der Waals surface area contributed by atoms with Crippen LogP contribution in [0.15, 0.2) is 24.3 Å². The van der Waals surface area contributed by atoms with Crippen molar-refractivity contribution in [2.75, 3.05) is 0 Å². The summed E-state index contributed by atoms with van der Waals surface area (Å²) in [5.74, 6) is -0.828. The van der Waals surface area contributed by atoms with Crippen LogP contribution in [0.4, 0.5) is 0 Å². The van der Waals surface area contributed by atoms with E-state index in [1.54, 1.807) is 0 Å². The molecule has 2 heteroatoms. The van der Waals surface area contributed by atoms with Gasteiger partial charge in [0.25, 0.3) is 0 Å². The van der Waals surface area contributed by atoms with Crippen molar-refractivity contribution >= 4 is 23.2 Å². The Morgan fingerprint density at radius 1 is 1.23 bits per heavy atom. The van der Waals surface area contributed by atoms with Crippen molar-refractivity contribution in [1.82, 2.24) is 0 Å². The van der Waals surface area contributed by atoms with Crippen molar-refractivity contribution in [3.63, 3.8) is 0 Å². The Labute approximate surface area is 74.1 Å². The van der Waals surface area contributed by atoms with Crippen molar-refractivity contribution in [3.05, 3.63) is 40.3 Å². The SMILES string of the molecule is O=C(O)C1=c2cccc3c2=C1C=C3. The van der Waals surface area contributed by atoms with Crippen LogP contribution in [0.5, 0.6) is 0 Å². The molecule has 2 aliphatic rings. The van der Waals surface area contributed by atoms with Gasteiger partial charge in [0, 0.05) is 0 Å². The molecule has 1 N–H and O–H groups in total. The summed E-state index contributed by atoms with van der Waals surface area (Å²) in [6.45, 7) is 0. The lowest BCUT2D eigenvalue weighted by molar-refractivity contribution is -0.130. The largest absolute Gasteiger partial charge is 0.478 e. The van der Waals surface area contributed by atoms with Crippen LogP contribution in [0.1, 0.15) is 5.56 Å². The van der Waals surface area contributed by atoms with E-state index in [0.717, 1.165) is 21.6 Å². The third-order valence-corrected chi connectivity index (χ3v) is 2.55. The lowest BCUT2D eigenvalue weighted by Crippen LogP contribution is -2.40. The van der Waals surface area contributed by atoms with Crippen LogP contribution in [0.25, 0.3) is 17.2 Å². The molecule has 0 fully saturated rings. The highest BCUT2D eigenvalue weighted by Crippen LogP contribution is 2.22. The number of hydrogen-bond acceptors (Lipinski definition) is 1. The summed E-state index contributed by atoms with van der Waals surface area (Å²) in [4.78, 5) is 10.8. The van der Waals surface area contributed by atoms with Gasteiger partial charge < -0.3 is 5.11 Å². The predicted octanol–water partition coefficient (Wildman–Crippen LogP) is 0.113. The highest BCUT2D eigenvalue weighted by atomic mass is 16.4. The lowest BCUT2D eigenvalue weighted by atomic mass is 9.92. The smallest absolute Gasteiger partial charge is 0.336 e. The quantitative estimate of drug-likeness (QED) is 0.649. The Morgan fingerprint density at radius 2 is 2.08 bits per heavy atom. The van der Waals surface area contributed by atoms with Gasteiger partial charge in [-0.1, -0.05) is 30.4 Å². The monoisotopic (exact) mass is 170 g/mol. The molecular formula is C11H6O2. The molecule has 0 saturated carbocycles. The first-order valence-corrected chi connectivity index (χ1v) is 4.08. The summed E-state index contributed by atoms with van der Waals surface area (Å²) < 4.78 is 0. The number of carbonyl (C=O) groups is 1. The van der Waals surface area contributed by atoms with E-state index in [9.17, 15) is 4.79 Å². The molecule has 0 atom stereocenters. The molecule has 0 bridgehead atoms. The Bertz CT molecular complexity index is 577. The van der Waals surface area contributed by atoms with Gasteiger partial charge in [-0.25, -0.2) is 4.79 Å². The molecule has 2 aliphatic carbocycles. The van der Waals surface area contributed by atoms with E-state index >= 15 is 0 Å². The van der Waals surface area contributed by atoms with Gasteiger partial charge in [-0.05, 0) is 21.6 Å². The van der Waals surface area contributed by atoms with Crippen molar-refractivity contribution in [1.29, 1.82) is 0 Å². The topological polar surface area (TPSA) is 37.3 Å². The van der Waals surface area contributed by atoms with Crippen molar-refractivity contribution in [2.24, 2.45) is 0 Å². The number of carboxylic acid groups (broad SMARTS) is 1. The van der Waals surface area contributed by atoms with Crippen LogP contribution in [-0.4, -0.2) is 11.1 Å². The zero-order valence-electron chi connectivity index (χ0n) is 6.74. The Balaban J connectivity index is 2.49. The molecule has 3 rings (SSSR count). The van der Waals surface area contributed by atoms with Gasteiger partial charge in [-0.15, -0.1) is 0 Å². The van der Waals surface area contributed by atoms with Crippen molar-refractivity contribution in [3.8, 4) is 0 Å². The molecule has 0 amide bonds. The minimum absolute atomic E-state index is 0.464. The van der Waals surface area contributed by atoms with E-state index < -0.39 is 5.97 Å². The Hall–Kier alpha value is -1.83. The molecule has 1 aromatic rings. The highest BCUT2D eigenvalue weighted by Gasteiger charge is 2.25. The van der Waals surface area contributed by atoms with Gasteiger partial charge in [0.1, 0.15) is 0 Å². The molecule has 0 aliphatic heterocycles. The van der Waals surface area contributed by atoms with Crippen LogP contribution < -0.4 is 10.4 Å². The molecule has 0 heterocycles. The summed E-state index contributed by atoms with van der Waals surface area (Å²) in [7, 11) is 0. The van der Waals surface area contributed by atoms with E-state index in [1.165, 1.54) is 0 Å². The first-order valence-electron chi connectivity index (χ1n) is 4.08. The van der Waals surface area contributed by atoms with E-state index in [1.807, 2.05) is 30.4 Å². The molecule has 13 heavy (non-hydrogen) atoms. The Morgan fingerprint density at radius 3 is 2.85 bits per heavy atom. The number of benzene rings is 1. The summed E-state index contributed by atoms with van der Waals surface area (Å²) in [6, 6.07) is 5.75. The summed E-state index contributed by atoms with van der Waals surface area (Å²) in [5, 5.41) is 10.9. The van der Waals surface area contributed by atoms with Crippen LogP contribution in [-0.2, 0) is 4.79 Å². The summed E-state index contributed by atoms with van der Waals surface area (Å²) in [5.41, 5.74) is 2.49. The highest BCUT2D eigenvalue weighted by molar-refractivity contribution is 6.30. The number of rotatable bonds is 1. The molecular weight excluding hydrogens is 164 g/mol.